The van der Waals surface area contributed by atoms with E-state index in [2.05, 4.69) is 10.1 Å². The molecular formula is C13H16BN3O2. The second-order valence-corrected chi connectivity index (χ2v) is 5.08. The number of fused-ring (bicyclic) bond motifs is 1. The fraction of sp³-hybridized carbons (Fsp3) is 0.385. The van der Waals surface area contributed by atoms with Crippen LogP contribution in [0.1, 0.15) is 23.4 Å². The molecule has 0 atom stereocenters. The molecule has 5 nitrogen and oxygen atoms in total. The molecule has 3 rings (SSSR count). The fourth-order valence-corrected chi connectivity index (χ4v) is 2.78. The average molecular weight is 257 g/mol. The van der Waals surface area contributed by atoms with E-state index in [0.717, 1.165) is 36.3 Å². The zero-order valence-electron chi connectivity index (χ0n) is 11.1. The largest absolute Gasteiger partial charge is 0.492 e. The van der Waals surface area contributed by atoms with Gasteiger partial charge in [-0.15, -0.1) is 0 Å². The summed E-state index contributed by atoms with van der Waals surface area (Å²) in [6.07, 6.45) is 1.84. The van der Waals surface area contributed by atoms with E-state index in [1.807, 2.05) is 30.7 Å². The molecule has 0 aromatic carbocycles. The first-order valence-corrected chi connectivity index (χ1v) is 6.47. The van der Waals surface area contributed by atoms with Gasteiger partial charge in [-0.1, -0.05) is 0 Å². The highest BCUT2D eigenvalue weighted by Gasteiger charge is 2.30. The summed E-state index contributed by atoms with van der Waals surface area (Å²) >= 11 is 0. The lowest BCUT2D eigenvalue weighted by Crippen LogP contribution is -2.33. The van der Waals surface area contributed by atoms with Gasteiger partial charge in [0.15, 0.2) is 0 Å². The monoisotopic (exact) mass is 257 g/mol. The average Bonchev–Trinajstić information content (AvgIpc) is 2.85. The molecule has 0 unspecified atom stereocenters. The fourth-order valence-electron chi connectivity index (χ4n) is 2.78. The second-order valence-electron chi connectivity index (χ2n) is 5.08. The van der Waals surface area contributed by atoms with Crippen LogP contribution in [-0.2, 0) is 13.0 Å². The Morgan fingerprint density at radius 1 is 1.26 bits per heavy atom. The molecular weight excluding hydrogens is 241 g/mol. The summed E-state index contributed by atoms with van der Waals surface area (Å²) in [6, 6.07) is 3.92. The van der Waals surface area contributed by atoms with Gasteiger partial charge in [-0.05, 0) is 44.4 Å². The lowest BCUT2D eigenvalue weighted by atomic mass is 9.77. The second kappa shape index (κ2) is 4.47. The van der Waals surface area contributed by atoms with E-state index in [4.69, 9.17) is 0 Å². The summed E-state index contributed by atoms with van der Waals surface area (Å²) in [7, 11) is -1.50. The number of aryl methyl sites for hydroxylation is 3. The van der Waals surface area contributed by atoms with Crippen molar-refractivity contribution in [3.05, 3.63) is 29.1 Å². The quantitative estimate of drug-likeness (QED) is 0.753. The van der Waals surface area contributed by atoms with Gasteiger partial charge < -0.3 is 10.0 Å². The maximum Gasteiger partial charge on any atom is 0.492 e. The van der Waals surface area contributed by atoms with E-state index in [-0.39, 0.29) is 0 Å². The third-order valence-electron chi connectivity index (χ3n) is 3.48. The zero-order chi connectivity index (χ0) is 13.6. The molecule has 3 heterocycles. The Bertz CT molecular complexity index is 617. The van der Waals surface area contributed by atoms with Crippen LogP contribution in [0.5, 0.6) is 0 Å². The molecule has 2 N–H and O–H groups in total. The molecule has 6 heteroatoms. The molecule has 0 aliphatic carbocycles. The molecule has 19 heavy (non-hydrogen) atoms. The van der Waals surface area contributed by atoms with E-state index < -0.39 is 7.12 Å². The third kappa shape index (κ3) is 2.07. The Kier molecular flexibility index (Phi) is 2.91. The minimum absolute atomic E-state index is 0.509. The van der Waals surface area contributed by atoms with Crippen molar-refractivity contribution in [3.63, 3.8) is 0 Å². The van der Waals surface area contributed by atoms with Crippen LogP contribution in [-0.4, -0.2) is 31.9 Å². The summed E-state index contributed by atoms with van der Waals surface area (Å²) in [5.74, 6) is 0. The first-order valence-electron chi connectivity index (χ1n) is 6.47. The van der Waals surface area contributed by atoms with E-state index in [9.17, 15) is 10.0 Å². The number of aromatic nitrogens is 3. The van der Waals surface area contributed by atoms with Crippen LogP contribution in [0.25, 0.3) is 11.4 Å². The lowest BCUT2D eigenvalue weighted by molar-refractivity contribution is 0.425. The van der Waals surface area contributed by atoms with Crippen LogP contribution in [0.4, 0.5) is 0 Å². The predicted octanol–water partition coefficient (Wildman–Crippen LogP) is 0.188. The van der Waals surface area contributed by atoms with Gasteiger partial charge in [-0.2, -0.15) is 5.10 Å². The van der Waals surface area contributed by atoms with Gasteiger partial charge in [0, 0.05) is 23.4 Å². The normalized spacial score (nSPS) is 13.7. The summed E-state index contributed by atoms with van der Waals surface area (Å²) in [5.41, 5.74) is 4.73. The smallest absolute Gasteiger partial charge is 0.423 e. The summed E-state index contributed by atoms with van der Waals surface area (Å²) in [4.78, 5) is 4.46. The zero-order valence-corrected chi connectivity index (χ0v) is 11.1. The van der Waals surface area contributed by atoms with Crippen molar-refractivity contribution < 1.29 is 10.0 Å². The first-order chi connectivity index (χ1) is 9.06. The summed E-state index contributed by atoms with van der Waals surface area (Å²) in [5, 5.41) is 23.8. The Morgan fingerprint density at radius 2 is 2.05 bits per heavy atom. The predicted molar refractivity (Wildman–Crippen MR) is 73.1 cm³/mol. The van der Waals surface area contributed by atoms with E-state index in [1.54, 1.807) is 0 Å². The molecule has 2 aromatic rings. The summed E-state index contributed by atoms with van der Waals surface area (Å²) < 4.78 is 1.86. The minimum Gasteiger partial charge on any atom is -0.423 e. The molecule has 0 bridgehead atoms. The SMILES string of the molecule is Cc1cc(C)nc(-c2nn3c(c2B(O)O)CCC3)c1. The number of nitrogens with zero attached hydrogens (tertiary/aromatic N) is 3. The van der Waals surface area contributed by atoms with Crippen LogP contribution in [0.2, 0.25) is 0 Å². The maximum atomic E-state index is 9.63. The van der Waals surface area contributed by atoms with Gasteiger partial charge in [0.25, 0.3) is 0 Å². The highest BCUT2D eigenvalue weighted by atomic mass is 16.4. The van der Waals surface area contributed by atoms with E-state index in [1.165, 1.54) is 0 Å². The highest BCUT2D eigenvalue weighted by Crippen LogP contribution is 2.21. The van der Waals surface area contributed by atoms with Crippen LogP contribution in [0, 0.1) is 13.8 Å². The first kappa shape index (κ1) is 12.4. The van der Waals surface area contributed by atoms with Gasteiger partial charge in [0.05, 0.1) is 5.69 Å². The lowest BCUT2D eigenvalue weighted by Gasteiger charge is -2.05. The van der Waals surface area contributed by atoms with Crippen molar-refractivity contribution in [2.45, 2.75) is 33.2 Å². The number of rotatable bonds is 2. The Balaban J connectivity index is 2.20. The molecule has 0 radical (unpaired) electrons. The van der Waals surface area contributed by atoms with Crippen LogP contribution < -0.4 is 5.46 Å². The maximum absolute atomic E-state index is 9.63. The Hall–Kier alpha value is -1.66. The highest BCUT2D eigenvalue weighted by molar-refractivity contribution is 6.61. The molecule has 0 amide bonds. The molecule has 0 saturated carbocycles. The number of hydrogen-bond acceptors (Lipinski definition) is 4. The van der Waals surface area contributed by atoms with Crippen LogP contribution in [0.3, 0.4) is 0 Å². The molecule has 0 spiro atoms. The molecule has 0 fully saturated rings. The topological polar surface area (TPSA) is 71.2 Å². The molecule has 2 aromatic heterocycles. The minimum atomic E-state index is -1.50. The summed E-state index contributed by atoms with van der Waals surface area (Å²) in [6.45, 7) is 4.76. The van der Waals surface area contributed by atoms with Gasteiger partial charge in [0.1, 0.15) is 5.69 Å². The molecule has 0 saturated heterocycles. The van der Waals surface area contributed by atoms with Crippen molar-refractivity contribution in [2.75, 3.05) is 0 Å². The van der Waals surface area contributed by atoms with Gasteiger partial charge >= 0.3 is 7.12 Å². The van der Waals surface area contributed by atoms with Crippen molar-refractivity contribution >= 4 is 12.6 Å². The van der Waals surface area contributed by atoms with Crippen LogP contribution in [0.15, 0.2) is 12.1 Å². The van der Waals surface area contributed by atoms with E-state index >= 15 is 0 Å². The van der Waals surface area contributed by atoms with Crippen molar-refractivity contribution in [2.24, 2.45) is 0 Å². The van der Waals surface area contributed by atoms with Crippen LogP contribution >= 0.6 is 0 Å². The molecule has 98 valence electrons. The standard InChI is InChI=1S/C13H16BN3O2/c1-8-6-9(2)15-10(7-8)13-12(14(18)19)11-4-3-5-17(11)16-13/h6-7,18-19H,3-5H2,1-2H3. The number of hydrogen-bond donors (Lipinski definition) is 2. The van der Waals surface area contributed by atoms with Crippen molar-refractivity contribution in [1.29, 1.82) is 0 Å². The van der Waals surface area contributed by atoms with Crippen molar-refractivity contribution in [1.82, 2.24) is 14.8 Å². The Labute approximate surface area is 112 Å². The van der Waals surface area contributed by atoms with E-state index in [0.29, 0.717) is 16.9 Å². The van der Waals surface area contributed by atoms with Gasteiger partial charge in [-0.3, -0.25) is 9.67 Å². The van der Waals surface area contributed by atoms with Gasteiger partial charge in [-0.25, -0.2) is 0 Å². The molecule has 1 aliphatic rings. The van der Waals surface area contributed by atoms with Gasteiger partial charge in [0.2, 0.25) is 0 Å². The molecule has 1 aliphatic heterocycles. The third-order valence-corrected chi connectivity index (χ3v) is 3.48. The van der Waals surface area contributed by atoms with Crippen molar-refractivity contribution in [3.8, 4) is 11.4 Å². The Morgan fingerprint density at radius 3 is 2.74 bits per heavy atom. The number of pyridine rings is 1.